The number of nitrogens with one attached hydrogen (secondary N) is 1. The van der Waals surface area contributed by atoms with E-state index in [4.69, 9.17) is 9.47 Å². The van der Waals surface area contributed by atoms with Gasteiger partial charge in [0.2, 0.25) is 10.0 Å². The van der Waals surface area contributed by atoms with E-state index in [2.05, 4.69) is 4.72 Å². The molecular weight excluding hydrogens is 358 g/mol. The number of carboxylic acid groups (broad SMARTS) is 1. The van der Waals surface area contributed by atoms with Crippen LogP contribution in [0.2, 0.25) is 0 Å². The van der Waals surface area contributed by atoms with Gasteiger partial charge in [-0.3, -0.25) is 0 Å². The first kappa shape index (κ1) is 19.0. The molecule has 1 heterocycles. The molecule has 2 aliphatic rings. The maximum absolute atomic E-state index is 12.1. The number of carbonyl (C=O) groups is 1. The van der Waals surface area contributed by atoms with Crippen molar-refractivity contribution in [3.05, 3.63) is 23.8 Å². The number of unbranched alkanes of at least 4 members (excludes halogenated alkanes) is 2. The molecule has 0 amide bonds. The summed E-state index contributed by atoms with van der Waals surface area (Å²) in [6.45, 7) is 1.97. The quantitative estimate of drug-likeness (QED) is 0.502. The number of ether oxygens (including phenoxy) is 2. The second-order valence-corrected chi connectivity index (χ2v) is 8.72. The van der Waals surface area contributed by atoms with Crippen LogP contribution in [-0.2, 0) is 14.8 Å². The molecule has 0 bridgehead atoms. The molecule has 8 heteroatoms. The fraction of sp³-hybridized carbons (Fsp3) is 0.611. The van der Waals surface area contributed by atoms with E-state index in [9.17, 15) is 18.3 Å². The van der Waals surface area contributed by atoms with Gasteiger partial charge in [-0.1, -0.05) is 31.9 Å². The van der Waals surface area contributed by atoms with E-state index in [-0.39, 0.29) is 17.6 Å². The van der Waals surface area contributed by atoms with Crippen LogP contribution >= 0.6 is 0 Å². The number of hydrogen-bond donors (Lipinski definition) is 2. The molecule has 3 rings (SSSR count). The minimum Gasteiger partial charge on any atom is -0.486 e. The average Bonchev–Trinajstić information content (AvgIpc) is 3.16. The minimum atomic E-state index is -3.74. The van der Waals surface area contributed by atoms with Gasteiger partial charge < -0.3 is 14.6 Å². The van der Waals surface area contributed by atoms with Crippen molar-refractivity contribution < 1.29 is 27.8 Å². The van der Waals surface area contributed by atoms with Gasteiger partial charge in [0.25, 0.3) is 6.23 Å². The molecule has 1 aromatic rings. The van der Waals surface area contributed by atoms with Gasteiger partial charge in [-0.25, -0.2) is 13.2 Å². The molecule has 144 valence electrons. The van der Waals surface area contributed by atoms with Gasteiger partial charge >= 0.3 is 5.97 Å². The SMILES string of the molecule is CCCCCS(=O)(=O)NC(Oc1cccc2c1OC1CCCC21)C(=O)O. The number of hydrogen-bond acceptors (Lipinski definition) is 5. The van der Waals surface area contributed by atoms with Crippen LogP contribution in [0.1, 0.15) is 56.9 Å². The summed E-state index contributed by atoms with van der Waals surface area (Å²) in [5.74, 6) is -0.400. The summed E-state index contributed by atoms with van der Waals surface area (Å²) >= 11 is 0. The Morgan fingerprint density at radius 2 is 2.19 bits per heavy atom. The van der Waals surface area contributed by atoms with E-state index in [0.29, 0.717) is 18.1 Å². The zero-order chi connectivity index (χ0) is 18.7. The Labute approximate surface area is 153 Å². The summed E-state index contributed by atoms with van der Waals surface area (Å²) in [4.78, 5) is 11.5. The lowest BCUT2D eigenvalue weighted by Crippen LogP contribution is -2.45. The molecule has 3 atom stereocenters. The van der Waals surface area contributed by atoms with E-state index < -0.39 is 22.2 Å². The molecule has 0 radical (unpaired) electrons. The van der Waals surface area contributed by atoms with Gasteiger partial charge in [0.05, 0.1) is 5.75 Å². The third-order valence-electron chi connectivity index (χ3n) is 4.90. The van der Waals surface area contributed by atoms with Crippen molar-refractivity contribution in [2.24, 2.45) is 0 Å². The van der Waals surface area contributed by atoms with Gasteiger partial charge in [0.15, 0.2) is 11.5 Å². The first-order valence-corrected chi connectivity index (χ1v) is 10.8. The highest BCUT2D eigenvalue weighted by Crippen LogP contribution is 2.50. The number of fused-ring (bicyclic) bond motifs is 3. The first-order valence-electron chi connectivity index (χ1n) is 9.10. The first-order chi connectivity index (χ1) is 12.4. The highest BCUT2D eigenvalue weighted by molar-refractivity contribution is 7.89. The van der Waals surface area contributed by atoms with Crippen LogP contribution < -0.4 is 14.2 Å². The number of benzene rings is 1. The van der Waals surface area contributed by atoms with E-state index in [1.54, 1.807) is 12.1 Å². The second kappa shape index (κ2) is 7.84. The van der Waals surface area contributed by atoms with Crippen LogP contribution in [0.15, 0.2) is 18.2 Å². The van der Waals surface area contributed by atoms with Crippen molar-refractivity contribution >= 4 is 16.0 Å². The van der Waals surface area contributed by atoms with Crippen LogP contribution in [-0.4, -0.2) is 37.6 Å². The Morgan fingerprint density at radius 3 is 2.92 bits per heavy atom. The third kappa shape index (κ3) is 4.12. The molecule has 1 aliphatic carbocycles. The Bertz CT molecular complexity index is 763. The Hall–Kier alpha value is -1.80. The molecule has 1 saturated carbocycles. The molecule has 1 fully saturated rings. The predicted octanol–water partition coefficient (Wildman–Crippen LogP) is 2.61. The fourth-order valence-electron chi connectivity index (χ4n) is 3.63. The summed E-state index contributed by atoms with van der Waals surface area (Å²) in [6.07, 6.45) is 3.65. The molecule has 26 heavy (non-hydrogen) atoms. The van der Waals surface area contributed by atoms with E-state index >= 15 is 0 Å². The fourth-order valence-corrected chi connectivity index (χ4v) is 4.81. The summed E-state index contributed by atoms with van der Waals surface area (Å²) in [5.41, 5.74) is 1.01. The molecule has 1 aromatic carbocycles. The molecule has 0 aromatic heterocycles. The molecular formula is C18H25NO6S. The normalized spacial score (nSPS) is 22.3. The predicted molar refractivity (Wildman–Crippen MR) is 95.9 cm³/mol. The Morgan fingerprint density at radius 1 is 1.38 bits per heavy atom. The smallest absolute Gasteiger partial charge is 0.361 e. The van der Waals surface area contributed by atoms with E-state index in [1.807, 2.05) is 13.0 Å². The van der Waals surface area contributed by atoms with Gasteiger partial charge in [-0.2, -0.15) is 4.72 Å². The van der Waals surface area contributed by atoms with E-state index in [1.165, 1.54) is 0 Å². The van der Waals surface area contributed by atoms with Crippen molar-refractivity contribution in [2.45, 2.75) is 63.7 Å². The third-order valence-corrected chi connectivity index (χ3v) is 6.30. The van der Waals surface area contributed by atoms with Gasteiger partial charge in [-0.05, 0) is 31.7 Å². The monoisotopic (exact) mass is 383 g/mol. The minimum absolute atomic E-state index is 0.101. The van der Waals surface area contributed by atoms with Crippen LogP contribution in [0.4, 0.5) is 0 Å². The standard InChI is InChI=1S/C18H25NO6S/c1-2-3-4-11-26(22,23)19-17(18(20)21)25-15-10-6-8-13-12-7-5-9-14(12)24-16(13)15/h6,8,10,12,14,17,19H,2-5,7,9,11H2,1H3,(H,20,21). The highest BCUT2D eigenvalue weighted by atomic mass is 32.2. The molecule has 1 aliphatic heterocycles. The number of para-hydroxylation sites is 1. The zero-order valence-electron chi connectivity index (χ0n) is 14.8. The maximum Gasteiger partial charge on any atom is 0.361 e. The maximum atomic E-state index is 12.1. The summed E-state index contributed by atoms with van der Waals surface area (Å²) in [6, 6.07) is 5.36. The molecule has 3 unspecified atom stereocenters. The summed E-state index contributed by atoms with van der Waals surface area (Å²) < 4.78 is 37.8. The number of aliphatic carboxylic acids is 1. The Balaban J connectivity index is 1.74. The lowest BCUT2D eigenvalue weighted by molar-refractivity contribution is -0.145. The van der Waals surface area contributed by atoms with Crippen molar-refractivity contribution in [2.75, 3.05) is 5.75 Å². The average molecular weight is 383 g/mol. The topological polar surface area (TPSA) is 102 Å². The number of sulfonamides is 1. The van der Waals surface area contributed by atoms with Crippen LogP contribution in [0, 0.1) is 0 Å². The van der Waals surface area contributed by atoms with E-state index in [0.717, 1.165) is 37.7 Å². The van der Waals surface area contributed by atoms with Crippen LogP contribution in [0.3, 0.4) is 0 Å². The van der Waals surface area contributed by atoms with Gasteiger partial charge in [-0.15, -0.1) is 0 Å². The lowest BCUT2D eigenvalue weighted by Gasteiger charge is -2.18. The molecule has 0 saturated heterocycles. The molecule has 2 N–H and O–H groups in total. The number of rotatable bonds is 9. The molecule has 0 spiro atoms. The highest BCUT2D eigenvalue weighted by Gasteiger charge is 2.40. The summed E-state index contributed by atoms with van der Waals surface area (Å²) in [5, 5.41) is 9.39. The lowest BCUT2D eigenvalue weighted by atomic mass is 9.97. The number of carboxylic acids is 1. The van der Waals surface area contributed by atoms with Crippen molar-refractivity contribution in [1.82, 2.24) is 4.72 Å². The largest absolute Gasteiger partial charge is 0.486 e. The van der Waals surface area contributed by atoms with Crippen LogP contribution in [0.25, 0.3) is 0 Å². The Kier molecular flexibility index (Phi) is 5.72. The van der Waals surface area contributed by atoms with Gasteiger partial charge in [0, 0.05) is 11.5 Å². The van der Waals surface area contributed by atoms with Crippen molar-refractivity contribution in [3.8, 4) is 11.5 Å². The molecule has 7 nitrogen and oxygen atoms in total. The van der Waals surface area contributed by atoms with Crippen molar-refractivity contribution in [1.29, 1.82) is 0 Å². The second-order valence-electron chi connectivity index (χ2n) is 6.85. The zero-order valence-corrected chi connectivity index (χ0v) is 15.6. The van der Waals surface area contributed by atoms with Gasteiger partial charge in [0.1, 0.15) is 6.10 Å². The summed E-state index contributed by atoms with van der Waals surface area (Å²) in [7, 11) is -3.74. The van der Waals surface area contributed by atoms with Crippen LogP contribution in [0.5, 0.6) is 11.5 Å². The van der Waals surface area contributed by atoms with Crippen molar-refractivity contribution in [3.63, 3.8) is 0 Å².